The van der Waals surface area contributed by atoms with Crippen LogP contribution in [0.5, 0.6) is 0 Å². The molecule has 1 aromatic rings. The van der Waals surface area contributed by atoms with Crippen LogP contribution in [-0.2, 0) is 6.54 Å². The highest BCUT2D eigenvalue weighted by Gasteiger charge is 1.96. The molecule has 0 radical (unpaired) electrons. The van der Waals surface area contributed by atoms with Crippen LogP contribution in [0.2, 0.25) is 0 Å². The Morgan fingerprint density at radius 1 is 1.80 bits per heavy atom. The smallest absolute Gasteiger partial charge is 0.0593 e. The maximum Gasteiger partial charge on any atom is 0.0593 e. The minimum absolute atomic E-state index is 0.180. The molecule has 56 valence electrons. The molecule has 0 spiro atoms. The van der Waals surface area contributed by atoms with Gasteiger partial charge in [-0.25, -0.2) is 0 Å². The lowest BCUT2D eigenvalue weighted by molar-refractivity contribution is 0.536. The summed E-state index contributed by atoms with van der Waals surface area (Å²) in [5.74, 6) is 0. The molecule has 0 aliphatic carbocycles. The molecule has 1 atom stereocenters. The van der Waals surface area contributed by atoms with Crippen molar-refractivity contribution in [2.75, 3.05) is 0 Å². The maximum absolute atomic E-state index is 5.57. The fraction of sp³-hybridized carbons (Fsp3) is 0.571. The average molecular weight is 139 g/mol. The standard InChI is InChI=1S/C7H13N3/c1-6(8)5-10-4-3-7(2)9-10/h3-4,6H,5,8H2,1-2H3/t6-/m1/s1. The minimum Gasteiger partial charge on any atom is -0.326 e. The molecule has 1 rings (SSSR count). The van der Waals surface area contributed by atoms with E-state index in [1.807, 2.05) is 30.8 Å². The highest BCUT2D eigenvalue weighted by Crippen LogP contribution is 1.92. The van der Waals surface area contributed by atoms with Gasteiger partial charge in [0.2, 0.25) is 0 Å². The van der Waals surface area contributed by atoms with Crippen LogP contribution in [0.3, 0.4) is 0 Å². The predicted octanol–water partition coefficient (Wildman–Crippen LogP) is 0.539. The van der Waals surface area contributed by atoms with Gasteiger partial charge < -0.3 is 5.73 Å². The van der Waals surface area contributed by atoms with E-state index in [4.69, 9.17) is 5.73 Å². The summed E-state index contributed by atoms with van der Waals surface area (Å²) in [6, 6.07) is 2.15. The monoisotopic (exact) mass is 139 g/mol. The summed E-state index contributed by atoms with van der Waals surface area (Å²) in [4.78, 5) is 0. The van der Waals surface area contributed by atoms with Crippen LogP contribution in [-0.4, -0.2) is 15.8 Å². The van der Waals surface area contributed by atoms with E-state index < -0.39 is 0 Å². The van der Waals surface area contributed by atoms with E-state index in [1.165, 1.54) is 0 Å². The molecule has 0 aliphatic rings. The quantitative estimate of drug-likeness (QED) is 0.649. The van der Waals surface area contributed by atoms with Gasteiger partial charge in [0, 0.05) is 12.2 Å². The second-order valence-electron chi connectivity index (χ2n) is 2.66. The van der Waals surface area contributed by atoms with Crippen molar-refractivity contribution in [2.24, 2.45) is 5.73 Å². The van der Waals surface area contributed by atoms with Crippen molar-refractivity contribution in [1.82, 2.24) is 9.78 Å². The fourth-order valence-electron chi connectivity index (χ4n) is 0.860. The molecular formula is C7H13N3. The van der Waals surface area contributed by atoms with Gasteiger partial charge in [0.1, 0.15) is 0 Å². The van der Waals surface area contributed by atoms with E-state index in [9.17, 15) is 0 Å². The number of aryl methyl sites for hydroxylation is 1. The van der Waals surface area contributed by atoms with Crippen molar-refractivity contribution in [1.29, 1.82) is 0 Å². The van der Waals surface area contributed by atoms with E-state index in [0.717, 1.165) is 12.2 Å². The number of nitrogens with zero attached hydrogens (tertiary/aromatic N) is 2. The predicted molar refractivity (Wildman–Crippen MR) is 40.6 cm³/mol. The van der Waals surface area contributed by atoms with Gasteiger partial charge in [-0.3, -0.25) is 4.68 Å². The second-order valence-corrected chi connectivity index (χ2v) is 2.66. The van der Waals surface area contributed by atoms with Gasteiger partial charge in [-0.15, -0.1) is 0 Å². The third-order valence-corrected chi connectivity index (χ3v) is 1.25. The van der Waals surface area contributed by atoms with Crippen LogP contribution in [0, 0.1) is 6.92 Å². The third-order valence-electron chi connectivity index (χ3n) is 1.25. The number of nitrogens with two attached hydrogens (primary N) is 1. The number of hydrogen-bond acceptors (Lipinski definition) is 2. The first-order chi connectivity index (χ1) is 4.68. The van der Waals surface area contributed by atoms with Gasteiger partial charge in [0.15, 0.2) is 0 Å². The average Bonchev–Trinajstić information content (AvgIpc) is 2.13. The molecule has 0 unspecified atom stereocenters. The van der Waals surface area contributed by atoms with Gasteiger partial charge in [0.05, 0.1) is 12.2 Å². The first-order valence-corrected chi connectivity index (χ1v) is 3.44. The zero-order valence-corrected chi connectivity index (χ0v) is 6.41. The summed E-state index contributed by atoms with van der Waals surface area (Å²) in [6.45, 7) is 4.74. The van der Waals surface area contributed by atoms with Crippen LogP contribution < -0.4 is 5.73 Å². The maximum atomic E-state index is 5.57. The minimum atomic E-state index is 0.180. The van der Waals surface area contributed by atoms with Gasteiger partial charge >= 0.3 is 0 Å². The molecule has 0 saturated carbocycles. The molecule has 10 heavy (non-hydrogen) atoms. The van der Waals surface area contributed by atoms with E-state index in [-0.39, 0.29) is 6.04 Å². The molecule has 0 amide bonds. The number of hydrogen-bond donors (Lipinski definition) is 1. The van der Waals surface area contributed by atoms with Gasteiger partial charge in [-0.05, 0) is 19.9 Å². The van der Waals surface area contributed by atoms with Crippen LogP contribution in [0.4, 0.5) is 0 Å². The molecule has 0 fully saturated rings. The Balaban J connectivity index is 2.58. The lowest BCUT2D eigenvalue weighted by Crippen LogP contribution is -2.22. The van der Waals surface area contributed by atoms with Gasteiger partial charge in [0.25, 0.3) is 0 Å². The third kappa shape index (κ3) is 1.84. The van der Waals surface area contributed by atoms with E-state index in [2.05, 4.69) is 5.10 Å². The Kier molecular flexibility index (Phi) is 2.06. The molecule has 3 nitrogen and oxygen atoms in total. The lowest BCUT2D eigenvalue weighted by atomic mass is 10.4. The van der Waals surface area contributed by atoms with Crippen LogP contribution in [0.25, 0.3) is 0 Å². The van der Waals surface area contributed by atoms with Gasteiger partial charge in [-0.2, -0.15) is 5.10 Å². The Bertz CT molecular complexity index is 202. The van der Waals surface area contributed by atoms with E-state index in [1.54, 1.807) is 0 Å². The summed E-state index contributed by atoms with van der Waals surface area (Å²) < 4.78 is 1.86. The number of aromatic nitrogens is 2. The first kappa shape index (κ1) is 7.28. The van der Waals surface area contributed by atoms with Crippen molar-refractivity contribution in [3.05, 3.63) is 18.0 Å². The fourth-order valence-corrected chi connectivity index (χ4v) is 0.860. The Morgan fingerprint density at radius 2 is 2.50 bits per heavy atom. The Hall–Kier alpha value is -0.830. The summed E-state index contributed by atoms with van der Waals surface area (Å²) in [5, 5.41) is 4.19. The zero-order valence-electron chi connectivity index (χ0n) is 6.41. The summed E-state index contributed by atoms with van der Waals surface area (Å²) in [6.07, 6.45) is 1.94. The van der Waals surface area contributed by atoms with Crippen LogP contribution >= 0.6 is 0 Å². The largest absolute Gasteiger partial charge is 0.326 e. The molecule has 2 N–H and O–H groups in total. The second kappa shape index (κ2) is 2.84. The zero-order chi connectivity index (χ0) is 7.56. The Morgan fingerprint density at radius 3 is 2.90 bits per heavy atom. The lowest BCUT2D eigenvalue weighted by Gasteiger charge is -2.03. The summed E-state index contributed by atoms with van der Waals surface area (Å²) in [7, 11) is 0. The van der Waals surface area contributed by atoms with E-state index in [0.29, 0.717) is 0 Å². The van der Waals surface area contributed by atoms with Crippen LogP contribution in [0.1, 0.15) is 12.6 Å². The summed E-state index contributed by atoms with van der Waals surface area (Å²) in [5.41, 5.74) is 6.62. The topological polar surface area (TPSA) is 43.8 Å². The van der Waals surface area contributed by atoms with Crippen LogP contribution in [0.15, 0.2) is 12.3 Å². The molecule has 1 aromatic heterocycles. The molecule has 0 aromatic carbocycles. The molecule has 0 saturated heterocycles. The number of rotatable bonds is 2. The van der Waals surface area contributed by atoms with Crippen molar-refractivity contribution in [3.63, 3.8) is 0 Å². The van der Waals surface area contributed by atoms with Crippen molar-refractivity contribution in [2.45, 2.75) is 26.4 Å². The SMILES string of the molecule is Cc1ccn(C[C@@H](C)N)n1. The van der Waals surface area contributed by atoms with E-state index >= 15 is 0 Å². The molecule has 1 heterocycles. The van der Waals surface area contributed by atoms with Crippen molar-refractivity contribution in [3.8, 4) is 0 Å². The molecular weight excluding hydrogens is 126 g/mol. The normalized spacial score (nSPS) is 13.5. The van der Waals surface area contributed by atoms with Crippen molar-refractivity contribution >= 4 is 0 Å². The first-order valence-electron chi connectivity index (χ1n) is 3.44. The highest BCUT2D eigenvalue weighted by molar-refractivity contribution is 4.94. The summed E-state index contributed by atoms with van der Waals surface area (Å²) >= 11 is 0. The molecule has 0 bridgehead atoms. The highest BCUT2D eigenvalue weighted by atomic mass is 15.3. The molecule has 0 aliphatic heterocycles. The van der Waals surface area contributed by atoms with Crippen molar-refractivity contribution < 1.29 is 0 Å². The molecule has 3 heteroatoms. The van der Waals surface area contributed by atoms with Gasteiger partial charge in [-0.1, -0.05) is 0 Å². The Labute approximate surface area is 60.8 Å².